The summed E-state index contributed by atoms with van der Waals surface area (Å²) >= 11 is 0. The molecule has 3 nitrogen and oxygen atoms in total. The highest BCUT2D eigenvalue weighted by Crippen LogP contribution is 2.55. The van der Waals surface area contributed by atoms with Crippen molar-refractivity contribution in [1.29, 1.82) is 0 Å². The Bertz CT molecular complexity index is 4570. The van der Waals surface area contributed by atoms with E-state index in [1.165, 1.54) is 134 Å². The summed E-state index contributed by atoms with van der Waals surface area (Å²) in [6, 6.07) is 88.2. The number of rotatable bonds is 7. The van der Waals surface area contributed by atoms with E-state index in [2.05, 4.69) is 300 Å². The highest BCUT2D eigenvalue weighted by molar-refractivity contribution is 6.94. The third kappa shape index (κ3) is 7.65. The first-order chi connectivity index (χ1) is 40.6. The Kier molecular flexibility index (Phi) is 11.1. The summed E-state index contributed by atoms with van der Waals surface area (Å²) in [5.41, 5.74) is 28.1. The Balaban J connectivity index is 1.10. The molecular weight excluding hydrogens is 1010 g/mol. The molecule has 0 fully saturated rings. The quantitative estimate of drug-likeness (QED) is 0.147. The molecule has 4 aliphatic rings. The van der Waals surface area contributed by atoms with Gasteiger partial charge in [0, 0.05) is 50.5 Å². The smallest absolute Gasteiger partial charge is 0.333 e. The predicted molar refractivity (Wildman–Crippen MR) is 359 cm³/mol. The van der Waals surface area contributed by atoms with Gasteiger partial charge in [0.05, 0.1) is 11.0 Å². The van der Waals surface area contributed by atoms with Crippen LogP contribution in [0.2, 0.25) is 0 Å². The molecule has 0 atom stereocenters. The summed E-state index contributed by atoms with van der Waals surface area (Å²) in [7, 11) is 0. The fourth-order valence-corrected chi connectivity index (χ4v) is 15.7. The van der Waals surface area contributed by atoms with Gasteiger partial charge in [0.2, 0.25) is 0 Å². The van der Waals surface area contributed by atoms with Crippen LogP contribution in [-0.4, -0.2) is 11.4 Å². The van der Waals surface area contributed by atoms with Crippen LogP contribution >= 0.6 is 0 Å². The first kappa shape index (κ1) is 50.8. The molecule has 408 valence electrons. The van der Waals surface area contributed by atoms with Crippen LogP contribution in [0, 0.1) is 0 Å². The van der Waals surface area contributed by atoms with E-state index >= 15 is 0 Å². The maximum atomic E-state index is 2.81. The highest BCUT2D eigenvalue weighted by Gasteiger charge is 2.48. The molecule has 12 aromatic rings. The molecule has 0 saturated carbocycles. The van der Waals surface area contributed by atoms with E-state index in [1.807, 2.05) is 0 Å². The Labute approximate surface area is 496 Å². The Morgan fingerprint density at radius 1 is 0.369 bits per heavy atom. The average Bonchev–Trinajstić information content (AvgIpc) is 1.38. The summed E-state index contributed by atoms with van der Waals surface area (Å²) in [6.07, 6.45) is 4.58. The van der Waals surface area contributed by atoms with Gasteiger partial charge in [-0.1, -0.05) is 201 Å². The molecule has 0 N–H and O–H groups in total. The molecule has 4 heteroatoms. The SMILES string of the molecule is CC1(C)CCC(C)(C)c2cc(N3B4c5cc6c(cc5-n5c7ccc8ccccc8c7c7c(-c8cc(-c9ccccc9)cc(-c9ccccc9)c8)cc(c4c75)-c4ccc(N(c5ccccc5)c5ccccc5)cc43)C(C)(C)CCC6(C)C)ccc21. The number of benzene rings is 11. The van der Waals surface area contributed by atoms with Crippen LogP contribution in [0.15, 0.2) is 231 Å². The monoisotopic (exact) mass is 1080 g/mol. The lowest BCUT2D eigenvalue weighted by molar-refractivity contribution is 0.332. The zero-order chi connectivity index (χ0) is 57.0. The summed E-state index contributed by atoms with van der Waals surface area (Å²) in [4.78, 5) is 5.25. The van der Waals surface area contributed by atoms with Crippen molar-refractivity contribution in [1.82, 2.24) is 4.57 Å². The predicted octanol–water partition coefficient (Wildman–Crippen LogP) is 20.3. The van der Waals surface area contributed by atoms with Gasteiger partial charge in [-0.05, 0) is 215 Å². The maximum absolute atomic E-state index is 2.81. The molecule has 84 heavy (non-hydrogen) atoms. The van der Waals surface area contributed by atoms with Gasteiger partial charge in [0.25, 0.3) is 0 Å². The third-order valence-corrected chi connectivity index (χ3v) is 20.4. The highest BCUT2D eigenvalue weighted by atomic mass is 15.2. The van der Waals surface area contributed by atoms with E-state index in [9.17, 15) is 0 Å². The Morgan fingerprint density at radius 3 is 1.52 bits per heavy atom. The molecule has 2 aliphatic heterocycles. The van der Waals surface area contributed by atoms with Gasteiger partial charge in [0.15, 0.2) is 0 Å². The summed E-state index contributed by atoms with van der Waals surface area (Å²) < 4.78 is 2.74. The van der Waals surface area contributed by atoms with Crippen molar-refractivity contribution in [3.8, 4) is 50.2 Å². The number of hydrogen-bond acceptors (Lipinski definition) is 2. The molecule has 2 aliphatic carbocycles. The van der Waals surface area contributed by atoms with Crippen molar-refractivity contribution in [3.05, 3.63) is 253 Å². The third-order valence-electron chi connectivity index (χ3n) is 20.4. The summed E-state index contributed by atoms with van der Waals surface area (Å²) in [5, 5.41) is 5.15. The van der Waals surface area contributed by atoms with E-state index < -0.39 is 0 Å². The van der Waals surface area contributed by atoms with Crippen molar-refractivity contribution < 1.29 is 0 Å². The Hall–Kier alpha value is -8.86. The molecule has 0 spiro atoms. The second-order valence-electron chi connectivity index (χ2n) is 27.4. The molecule has 0 amide bonds. The minimum Gasteiger partial charge on any atom is -0.376 e. The first-order valence-electron chi connectivity index (χ1n) is 30.6. The second-order valence-corrected chi connectivity index (χ2v) is 27.4. The zero-order valence-electron chi connectivity index (χ0n) is 49.7. The normalized spacial score (nSPS) is 16.5. The fourth-order valence-electron chi connectivity index (χ4n) is 15.7. The van der Waals surface area contributed by atoms with Gasteiger partial charge in [-0.15, -0.1) is 0 Å². The lowest BCUT2D eigenvalue weighted by Crippen LogP contribution is -2.61. The summed E-state index contributed by atoms with van der Waals surface area (Å²) in [6.45, 7) is 19.7. The molecule has 0 radical (unpaired) electrons. The fraction of sp³-hybridized carbons (Fsp3) is 0.200. The van der Waals surface area contributed by atoms with Crippen LogP contribution in [-0.2, 0) is 21.7 Å². The number of aromatic nitrogens is 1. The average molecular weight is 1080 g/mol. The zero-order valence-corrected chi connectivity index (χ0v) is 49.7. The van der Waals surface area contributed by atoms with Crippen LogP contribution in [0.3, 0.4) is 0 Å². The number of fused-ring (bicyclic) bond motifs is 12. The van der Waals surface area contributed by atoms with Gasteiger partial charge in [-0.3, -0.25) is 0 Å². The van der Waals surface area contributed by atoms with Crippen molar-refractivity contribution in [2.24, 2.45) is 0 Å². The van der Waals surface area contributed by atoms with Crippen LogP contribution in [0.5, 0.6) is 0 Å². The van der Waals surface area contributed by atoms with Crippen molar-refractivity contribution in [3.63, 3.8) is 0 Å². The van der Waals surface area contributed by atoms with E-state index in [0.29, 0.717) is 0 Å². The van der Waals surface area contributed by atoms with E-state index in [4.69, 9.17) is 0 Å². The standard InChI is InChI=1S/C80H70BN3/c1-77(2)39-40-78(3,4)66-46-60(35-37-65(66)77)84-71-47-59(82(57-28-17-11-18-29-57)58-30-19-12-20-31-58)34-36-62(71)64-48-63(56-44-54(51-23-13-9-14-24-51)43-55(45-56)52-25-15-10-16-26-52)74-73-61-32-22-21-27-53(61)33-38-70(73)83-72-50-68-67(79(5,6)41-42-80(68,7)8)49-69(72)81(84)75(64)76(74)83/h9-38,43-50H,39-42H2,1-8H3. The van der Waals surface area contributed by atoms with Crippen LogP contribution in [0.25, 0.3) is 82.8 Å². The van der Waals surface area contributed by atoms with Gasteiger partial charge in [-0.25, -0.2) is 0 Å². The molecule has 0 unspecified atom stereocenters. The topological polar surface area (TPSA) is 11.4 Å². The van der Waals surface area contributed by atoms with E-state index in [0.717, 1.165) is 36.3 Å². The number of hydrogen-bond donors (Lipinski definition) is 0. The minimum absolute atomic E-state index is 0.00164. The molecule has 1 aromatic heterocycles. The molecule has 0 bridgehead atoms. The van der Waals surface area contributed by atoms with Crippen LogP contribution in [0.4, 0.5) is 28.4 Å². The molecule has 3 heterocycles. The van der Waals surface area contributed by atoms with Crippen LogP contribution in [0.1, 0.15) is 103 Å². The van der Waals surface area contributed by atoms with Gasteiger partial charge < -0.3 is 14.3 Å². The largest absolute Gasteiger partial charge is 0.376 e. The Morgan fingerprint density at radius 2 is 0.905 bits per heavy atom. The molecule has 11 aromatic carbocycles. The minimum atomic E-state index is -0.182. The number of nitrogens with zero attached hydrogens (tertiary/aromatic N) is 3. The first-order valence-corrected chi connectivity index (χ1v) is 30.6. The van der Waals surface area contributed by atoms with Gasteiger partial charge in [-0.2, -0.15) is 0 Å². The number of para-hydroxylation sites is 2. The second kappa shape index (κ2) is 18.3. The van der Waals surface area contributed by atoms with Crippen molar-refractivity contribution >= 4 is 78.8 Å². The van der Waals surface area contributed by atoms with Crippen molar-refractivity contribution in [2.75, 3.05) is 9.71 Å². The lowest BCUT2D eigenvalue weighted by Gasteiger charge is -2.47. The maximum Gasteiger partial charge on any atom is 0.333 e. The van der Waals surface area contributed by atoms with Crippen molar-refractivity contribution in [2.45, 2.75) is 103 Å². The van der Waals surface area contributed by atoms with E-state index in [1.54, 1.807) is 0 Å². The van der Waals surface area contributed by atoms with Crippen LogP contribution < -0.4 is 20.6 Å². The van der Waals surface area contributed by atoms with Gasteiger partial charge in [0.1, 0.15) is 0 Å². The molecule has 16 rings (SSSR count). The number of anilines is 5. The molecular formula is C80H70BN3. The summed E-state index contributed by atoms with van der Waals surface area (Å²) in [5.74, 6) is 0. The molecule has 0 saturated heterocycles. The lowest BCUT2D eigenvalue weighted by atomic mass is 9.43. The van der Waals surface area contributed by atoms with Gasteiger partial charge >= 0.3 is 6.85 Å². The van der Waals surface area contributed by atoms with E-state index in [-0.39, 0.29) is 28.5 Å².